The van der Waals surface area contributed by atoms with E-state index in [1.54, 1.807) is 7.11 Å². The summed E-state index contributed by atoms with van der Waals surface area (Å²) >= 11 is 0. The molecule has 18 heavy (non-hydrogen) atoms. The van der Waals surface area contributed by atoms with E-state index in [4.69, 9.17) is 4.74 Å². The Kier molecular flexibility index (Phi) is 2.67. The molecule has 3 nitrogen and oxygen atoms in total. The van der Waals surface area contributed by atoms with E-state index in [0.29, 0.717) is 0 Å². The van der Waals surface area contributed by atoms with Crippen molar-refractivity contribution >= 4 is 16.7 Å². The molecule has 0 saturated carbocycles. The molecular weight excluding hydrogens is 226 g/mol. The second-order valence-electron chi connectivity index (χ2n) is 4.57. The Labute approximate surface area is 106 Å². The average molecular weight is 241 g/mol. The van der Waals surface area contributed by atoms with Gasteiger partial charge in [0, 0.05) is 18.7 Å². The predicted octanol–water partition coefficient (Wildman–Crippen LogP) is 2.69. The molecule has 0 bridgehead atoms. The molecule has 0 unspecified atom stereocenters. The Hall–Kier alpha value is -2.03. The first-order valence-corrected chi connectivity index (χ1v) is 6.15. The standard InChI is InChI=1S/C15H15NO2/c1-18-14-6-5-11-9-13(4-3-12(11)10-14)15(17)16-7-2-8-16/h3-6,9-10H,2,7-8H2,1H3. The third kappa shape index (κ3) is 1.82. The molecule has 1 aliphatic rings. The number of nitrogens with zero attached hydrogens (tertiary/aromatic N) is 1. The van der Waals surface area contributed by atoms with Crippen LogP contribution in [0.2, 0.25) is 0 Å². The minimum absolute atomic E-state index is 0.138. The monoisotopic (exact) mass is 241 g/mol. The summed E-state index contributed by atoms with van der Waals surface area (Å²) in [6, 6.07) is 11.7. The molecule has 2 aromatic carbocycles. The fraction of sp³-hybridized carbons (Fsp3) is 0.267. The van der Waals surface area contributed by atoms with Crippen LogP contribution in [0.4, 0.5) is 0 Å². The first-order valence-electron chi connectivity index (χ1n) is 6.15. The molecule has 0 N–H and O–H groups in total. The maximum atomic E-state index is 12.1. The van der Waals surface area contributed by atoms with Crippen LogP contribution in [0.25, 0.3) is 10.8 Å². The molecule has 3 heteroatoms. The number of amides is 1. The van der Waals surface area contributed by atoms with Crippen LogP contribution < -0.4 is 4.74 Å². The molecule has 1 aliphatic heterocycles. The van der Waals surface area contributed by atoms with E-state index in [1.165, 1.54) is 0 Å². The van der Waals surface area contributed by atoms with Crippen molar-refractivity contribution in [3.05, 3.63) is 42.0 Å². The number of benzene rings is 2. The van der Waals surface area contributed by atoms with Gasteiger partial charge in [-0.1, -0.05) is 12.1 Å². The molecule has 1 heterocycles. The lowest BCUT2D eigenvalue weighted by molar-refractivity contribution is 0.0652. The highest BCUT2D eigenvalue weighted by molar-refractivity contribution is 5.99. The average Bonchev–Trinajstić information content (AvgIpc) is 2.35. The van der Waals surface area contributed by atoms with Crippen LogP contribution in [0.5, 0.6) is 5.75 Å². The first kappa shape index (κ1) is 11.1. The summed E-state index contributed by atoms with van der Waals surface area (Å²) < 4.78 is 5.19. The van der Waals surface area contributed by atoms with Gasteiger partial charge in [0.15, 0.2) is 0 Å². The van der Waals surface area contributed by atoms with Crippen LogP contribution >= 0.6 is 0 Å². The number of fused-ring (bicyclic) bond motifs is 1. The summed E-state index contributed by atoms with van der Waals surface area (Å²) in [6.45, 7) is 1.78. The molecule has 92 valence electrons. The molecule has 0 atom stereocenters. The van der Waals surface area contributed by atoms with Crippen LogP contribution in [-0.2, 0) is 0 Å². The second-order valence-corrected chi connectivity index (χ2v) is 4.57. The van der Waals surface area contributed by atoms with Gasteiger partial charge in [0.05, 0.1) is 7.11 Å². The first-order chi connectivity index (χ1) is 8.78. The van der Waals surface area contributed by atoms with Crippen LogP contribution in [0.15, 0.2) is 36.4 Å². The van der Waals surface area contributed by atoms with Gasteiger partial charge in [-0.2, -0.15) is 0 Å². The zero-order chi connectivity index (χ0) is 12.5. The molecule has 0 aliphatic carbocycles. The number of hydrogen-bond donors (Lipinski definition) is 0. The van der Waals surface area contributed by atoms with Crippen LogP contribution in [-0.4, -0.2) is 31.0 Å². The second kappa shape index (κ2) is 4.33. The molecule has 1 fully saturated rings. The van der Waals surface area contributed by atoms with Gasteiger partial charge in [0.2, 0.25) is 0 Å². The largest absolute Gasteiger partial charge is 0.497 e. The van der Waals surface area contributed by atoms with Gasteiger partial charge >= 0.3 is 0 Å². The van der Waals surface area contributed by atoms with Crippen molar-refractivity contribution in [2.24, 2.45) is 0 Å². The summed E-state index contributed by atoms with van der Waals surface area (Å²) in [4.78, 5) is 14.0. The molecular formula is C15H15NO2. The number of carbonyl (C=O) groups is 1. The Morgan fingerprint density at radius 3 is 2.50 bits per heavy atom. The number of likely N-dealkylation sites (tertiary alicyclic amines) is 1. The van der Waals surface area contributed by atoms with Gasteiger partial charge < -0.3 is 9.64 Å². The number of ether oxygens (including phenoxy) is 1. The van der Waals surface area contributed by atoms with E-state index in [2.05, 4.69) is 0 Å². The molecule has 0 spiro atoms. The topological polar surface area (TPSA) is 29.5 Å². The zero-order valence-corrected chi connectivity index (χ0v) is 10.3. The lowest BCUT2D eigenvalue weighted by atomic mass is 10.0. The van der Waals surface area contributed by atoms with Crippen molar-refractivity contribution in [2.45, 2.75) is 6.42 Å². The Morgan fingerprint density at radius 2 is 1.83 bits per heavy atom. The molecule has 0 aromatic heterocycles. The lowest BCUT2D eigenvalue weighted by Crippen LogP contribution is -2.41. The Bertz CT molecular complexity index is 602. The van der Waals surface area contributed by atoms with Crippen molar-refractivity contribution in [3.8, 4) is 5.75 Å². The molecule has 3 rings (SSSR count). The van der Waals surface area contributed by atoms with E-state index in [-0.39, 0.29) is 5.91 Å². The zero-order valence-electron chi connectivity index (χ0n) is 10.3. The van der Waals surface area contributed by atoms with Crippen molar-refractivity contribution in [2.75, 3.05) is 20.2 Å². The summed E-state index contributed by atoms with van der Waals surface area (Å²) in [5.41, 5.74) is 0.771. The van der Waals surface area contributed by atoms with Crippen LogP contribution in [0.1, 0.15) is 16.8 Å². The van der Waals surface area contributed by atoms with Gasteiger partial charge in [-0.05, 0) is 41.5 Å². The smallest absolute Gasteiger partial charge is 0.253 e. The van der Waals surface area contributed by atoms with Crippen LogP contribution in [0, 0.1) is 0 Å². The number of rotatable bonds is 2. The summed E-state index contributed by atoms with van der Waals surface area (Å²) in [6.07, 6.45) is 1.12. The Morgan fingerprint density at radius 1 is 1.11 bits per heavy atom. The van der Waals surface area contributed by atoms with Crippen molar-refractivity contribution in [3.63, 3.8) is 0 Å². The SMILES string of the molecule is COc1ccc2cc(C(=O)N3CCC3)ccc2c1. The molecule has 2 aromatic rings. The quantitative estimate of drug-likeness (QED) is 0.809. The van der Waals surface area contributed by atoms with E-state index < -0.39 is 0 Å². The summed E-state index contributed by atoms with van der Waals surface area (Å²) in [5, 5.41) is 2.16. The van der Waals surface area contributed by atoms with Gasteiger partial charge in [0.25, 0.3) is 5.91 Å². The number of carbonyl (C=O) groups excluding carboxylic acids is 1. The summed E-state index contributed by atoms with van der Waals surface area (Å²) in [7, 11) is 1.66. The van der Waals surface area contributed by atoms with Crippen LogP contribution in [0.3, 0.4) is 0 Å². The van der Waals surface area contributed by atoms with Crippen molar-refractivity contribution in [1.82, 2.24) is 4.90 Å². The molecule has 0 radical (unpaired) electrons. The van der Waals surface area contributed by atoms with Gasteiger partial charge in [-0.15, -0.1) is 0 Å². The predicted molar refractivity (Wildman–Crippen MR) is 71.0 cm³/mol. The fourth-order valence-electron chi connectivity index (χ4n) is 2.19. The highest BCUT2D eigenvalue weighted by Gasteiger charge is 2.21. The van der Waals surface area contributed by atoms with E-state index in [9.17, 15) is 4.79 Å². The lowest BCUT2D eigenvalue weighted by Gasteiger charge is -2.30. The maximum absolute atomic E-state index is 12.1. The van der Waals surface area contributed by atoms with Gasteiger partial charge in [0.1, 0.15) is 5.75 Å². The van der Waals surface area contributed by atoms with E-state index >= 15 is 0 Å². The summed E-state index contributed by atoms with van der Waals surface area (Å²) in [5.74, 6) is 0.975. The van der Waals surface area contributed by atoms with Crippen molar-refractivity contribution < 1.29 is 9.53 Å². The minimum atomic E-state index is 0.138. The number of methoxy groups -OCH3 is 1. The van der Waals surface area contributed by atoms with E-state index in [0.717, 1.165) is 41.6 Å². The van der Waals surface area contributed by atoms with Gasteiger partial charge in [-0.25, -0.2) is 0 Å². The molecule has 1 amide bonds. The minimum Gasteiger partial charge on any atom is -0.497 e. The normalized spacial score (nSPS) is 14.4. The molecule has 1 saturated heterocycles. The van der Waals surface area contributed by atoms with Gasteiger partial charge in [-0.3, -0.25) is 4.79 Å². The Balaban J connectivity index is 1.97. The number of hydrogen-bond acceptors (Lipinski definition) is 2. The fourth-order valence-corrected chi connectivity index (χ4v) is 2.19. The van der Waals surface area contributed by atoms with Crippen molar-refractivity contribution in [1.29, 1.82) is 0 Å². The third-order valence-corrected chi connectivity index (χ3v) is 3.44. The van der Waals surface area contributed by atoms with E-state index in [1.807, 2.05) is 41.3 Å². The third-order valence-electron chi connectivity index (χ3n) is 3.44. The highest BCUT2D eigenvalue weighted by atomic mass is 16.5. The maximum Gasteiger partial charge on any atom is 0.253 e. The highest BCUT2D eigenvalue weighted by Crippen LogP contribution is 2.23.